The van der Waals surface area contributed by atoms with Gasteiger partial charge in [0.15, 0.2) is 5.13 Å². The smallest absolute Gasteiger partial charge is 0.271 e. The third kappa shape index (κ3) is 4.02. The fourth-order valence-corrected chi connectivity index (χ4v) is 5.88. The first kappa shape index (κ1) is 18.9. The lowest BCUT2D eigenvalue weighted by Gasteiger charge is -2.05. The molecular formula is C18H12ClN3O3S3. The van der Waals surface area contributed by atoms with Gasteiger partial charge < -0.3 is 0 Å². The number of thiazole rings is 1. The predicted octanol–water partition coefficient (Wildman–Crippen LogP) is 5.06. The van der Waals surface area contributed by atoms with Crippen LogP contribution in [0.5, 0.6) is 0 Å². The molecule has 0 atom stereocenters. The van der Waals surface area contributed by atoms with Gasteiger partial charge in [0.1, 0.15) is 4.21 Å². The normalized spacial score (nSPS) is 11.5. The molecule has 142 valence electrons. The molecule has 0 bridgehead atoms. The fraction of sp³-hybridized carbons (Fsp3) is 0. The third-order valence-electron chi connectivity index (χ3n) is 3.71. The van der Waals surface area contributed by atoms with Crippen LogP contribution in [-0.4, -0.2) is 19.3 Å². The van der Waals surface area contributed by atoms with Crippen LogP contribution in [0.3, 0.4) is 0 Å². The molecule has 0 spiro atoms. The van der Waals surface area contributed by atoms with Crippen LogP contribution in [0.2, 0.25) is 4.34 Å². The number of amides is 1. The lowest BCUT2D eigenvalue weighted by molar-refractivity contribution is 0.102. The van der Waals surface area contributed by atoms with E-state index in [1.165, 1.54) is 23.5 Å². The first-order chi connectivity index (χ1) is 13.4. The van der Waals surface area contributed by atoms with E-state index in [0.29, 0.717) is 26.2 Å². The quantitative estimate of drug-likeness (QED) is 0.445. The number of fused-ring (bicyclic) bond motifs is 1. The van der Waals surface area contributed by atoms with E-state index in [1.807, 2.05) is 6.07 Å². The second kappa shape index (κ2) is 7.51. The Hall–Kier alpha value is -2.46. The maximum absolute atomic E-state index is 12.4. The summed E-state index contributed by atoms with van der Waals surface area (Å²) in [6, 6.07) is 16.8. The average molecular weight is 450 g/mol. The molecule has 0 unspecified atom stereocenters. The molecule has 0 aliphatic rings. The topological polar surface area (TPSA) is 88.2 Å². The zero-order chi connectivity index (χ0) is 19.7. The summed E-state index contributed by atoms with van der Waals surface area (Å²) in [5.41, 5.74) is 1.60. The molecule has 2 heterocycles. The maximum atomic E-state index is 12.4. The second-order valence-electron chi connectivity index (χ2n) is 5.69. The van der Waals surface area contributed by atoms with Crippen molar-refractivity contribution in [3.8, 4) is 0 Å². The lowest BCUT2D eigenvalue weighted by atomic mass is 10.2. The summed E-state index contributed by atoms with van der Waals surface area (Å²) in [5, 5.41) is 3.20. The number of nitrogens with one attached hydrogen (secondary N) is 2. The van der Waals surface area contributed by atoms with Crippen LogP contribution in [0, 0.1) is 0 Å². The van der Waals surface area contributed by atoms with Crippen molar-refractivity contribution in [1.82, 2.24) is 4.98 Å². The van der Waals surface area contributed by atoms with Crippen molar-refractivity contribution in [3.63, 3.8) is 0 Å². The third-order valence-corrected chi connectivity index (χ3v) is 7.75. The van der Waals surface area contributed by atoms with Crippen molar-refractivity contribution >= 4 is 71.2 Å². The first-order valence-electron chi connectivity index (χ1n) is 7.96. The molecule has 0 saturated carbocycles. The summed E-state index contributed by atoms with van der Waals surface area (Å²) in [4.78, 5) is 16.6. The maximum Gasteiger partial charge on any atom is 0.271 e. The summed E-state index contributed by atoms with van der Waals surface area (Å²) in [7, 11) is -3.71. The number of hydrogen-bond acceptors (Lipinski definition) is 6. The Bertz CT molecular complexity index is 1270. The minimum absolute atomic E-state index is 0.137. The minimum atomic E-state index is -3.71. The molecule has 2 N–H and O–H groups in total. The Kier molecular flexibility index (Phi) is 5.07. The molecule has 4 aromatic rings. The van der Waals surface area contributed by atoms with Crippen molar-refractivity contribution in [2.45, 2.75) is 4.21 Å². The molecule has 2 aromatic heterocycles. The zero-order valence-corrected chi connectivity index (χ0v) is 17.3. The number of halogens is 1. The van der Waals surface area contributed by atoms with E-state index >= 15 is 0 Å². The van der Waals surface area contributed by atoms with E-state index < -0.39 is 10.0 Å². The van der Waals surface area contributed by atoms with Crippen molar-refractivity contribution in [2.75, 3.05) is 10.0 Å². The van der Waals surface area contributed by atoms with E-state index in [4.69, 9.17) is 11.6 Å². The number of aromatic nitrogens is 1. The van der Waals surface area contributed by atoms with Gasteiger partial charge in [-0.05, 0) is 42.5 Å². The van der Waals surface area contributed by atoms with Gasteiger partial charge >= 0.3 is 0 Å². The highest BCUT2D eigenvalue weighted by Crippen LogP contribution is 2.31. The van der Waals surface area contributed by atoms with E-state index in [1.54, 1.807) is 42.5 Å². The molecule has 6 nitrogen and oxygen atoms in total. The molecule has 4 rings (SSSR count). The summed E-state index contributed by atoms with van der Waals surface area (Å²) in [6.45, 7) is 0. The molecule has 0 fully saturated rings. The number of benzene rings is 2. The van der Waals surface area contributed by atoms with Gasteiger partial charge in [-0.15, -0.1) is 11.3 Å². The predicted molar refractivity (Wildman–Crippen MR) is 114 cm³/mol. The second-order valence-corrected chi connectivity index (χ2v) is 10.3. The van der Waals surface area contributed by atoms with Gasteiger partial charge in [0.2, 0.25) is 0 Å². The number of carbonyl (C=O) groups is 1. The van der Waals surface area contributed by atoms with Gasteiger partial charge in [-0.3, -0.25) is 14.8 Å². The summed E-state index contributed by atoms with van der Waals surface area (Å²) in [6.07, 6.45) is 0. The van der Waals surface area contributed by atoms with Gasteiger partial charge in [-0.2, -0.15) is 0 Å². The van der Waals surface area contributed by atoms with Crippen molar-refractivity contribution in [2.24, 2.45) is 0 Å². The summed E-state index contributed by atoms with van der Waals surface area (Å²) in [5.74, 6) is -0.254. The van der Waals surface area contributed by atoms with Gasteiger partial charge in [-0.1, -0.05) is 41.1 Å². The highest BCUT2D eigenvalue weighted by Gasteiger charge is 2.17. The van der Waals surface area contributed by atoms with Crippen LogP contribution in [-0.2, 0) is 10.0 Å². The molecule has 1 amide bonds. The van der Waals surface area contributed by atoms with E-state index in [9.17, 15) is 13.2 Å². The molecule has 2 aromatic carbocycles. The van der Waals surface area contributed by atoms with Gasteiger partial charge in [0.05, 0.1) is 20.2 Å². The van der Waals surface area contributed by atoms with Crippen molar-refractivity contribution < 1.29 is 13.2 Å². The standard InChI is InChI=1S/C18H12ClN3O3S3/c19-15-8-9-16(27-15)28(24,25)22-12-6-7-13-14(10-12)26-18(20-13)21-17(23)11-4-2-1-3-5-11/h1-10,22H,(H,20,21,23). The Morgan fingerprint density at radius 2 is 1.79 bits per heavy atom. The number of anilines is 2. The van der Waals surface area contributed by atoms with Gasteiger partial charge in [-0.25, -0.2) is 13.4 Å². The largest absolute Gasteiger partial charge is 0.298 e. The molecule has 28 heavy (non-hydrogen) atoms. The number of thiophene rings is 1. The Balaban J connectivity index is 1.56. The first-order valence-corrected chi connectivity index (χ1v) is 11.5. The Morgan fingerprint density at radius 1 is 1.00 bits per heavy atom. The highest BCUT2D eigenvalue weighted by atomic mass is 35.5. The van der Waals surface area contributed by atoms with Crippen LogP contribution in [0.4, 0.5) is 10.8 Å². The molecule has 0 radical (unpaired) electrons. The number of hydrogen-bond donors (Lipinski definition) is 2. The van der Waals surface area contributed by atoms with E-state index in [2.05, 4.69) is 15.0 Å². The number of sulfonamides is 1. The molecule has 10 heteroatoms. The summed E-state index contributed by atoms with van der Waals surface area (Å²) < 4.78 is 28.7. The monoisotopic (exact) mass is 449 g/mol. The van der Waals surface area contributed by atoms with E-state index in [-0.39, 0.29) is 10.1 Å². The average Bonchev–Trinajstić information content (AvgIpc) is 3.28. The molecule has 0 saturated heterocycles. The van der Waals surface area contributed by atoms with Gasteiger partial charge in [0, 0.05) is 5.56 Å². The molecule has 0 aliphatic carbocycles. The minimum Gasteiger partial charge on any atom is -0.298 e. The van der Waals surface area contributed by atoms with Crippen LogP contribution in [0.1, 0.15) is 10.4 Å². The lowest BCUT2D eigenvalue weighted by Crippen LogP contribution is -2.11. The van der Waals surface area contributed by atoms with Crippen molar-refractivity contribution in [3.05, 3.63) is 70.6 Å². The number of rotatable bonds is 5. The van der Waals surface area contributed by atoms with Crippen LogP contribution >= 0.6 is 34.3 Å². The SMILES string of the molecule is O=C(Nc1nc2ccc(NS(=O)(=O)c3ccc(Cl)s3)cc2s1)c1ccccc1. The summed E-state index contributed by atoms with van der Waals surface area (Å²) >= 11 is 8.07. The molecule has 0 aliphatic heterocycles. The van der Waals surface area contributed by atoms with Crippen LogP contribution in [0.15, 0.2) is 64.9 Å². The Morgan fingerprint density at radius 3 is 2.50 bits per heavy atom. The fourth-order valence-electron chi connectivity index (χ4n) is 2.45. The van der Waals surface area contributed by atoms with E-state index in [0.717, 1.165) is 16.0 Å². The van der Waals surface area contributed by atoms with Crippen molar-refractivity contribution in [1.29, 1.82) is 0 Å². The highest BCUT2D eigenvalue weighted by molar-refractivity contribution is 7.94. The zero-order valence-electron chi connectivity index (χ0n) is 14.0. The van der Waals surface area contributed by atoms with Crippen LogP contribution < -0.4 is 10.0 Å². The molecular weight excluding hydrogens is 438 g/mol. The van der Waals surface area contributed by atoms with Crippen LogP contribution in [0.25, 0.3) is 10.2 Å². The number of nitrogens with zero attached hydrogens (tertiary/aromatic N) is 1. The van der Waals surface area contributed by atoms with Gasteiger partial charge in [0.25, 0.3) is 15.9 Å². The Labute approximate surface area is 173 Å². The number of carbonyl (C=O) groups excluding carboxylic acids is 1.